The number of likely N-dealkylation sites (tertiary alicyclic amines) is 1. The molecule has 24 heavy (non-hydrogen) atoms. The van der Waals surface area contributed by atoms with Crippen molar-refractivity contribution in [3.8, 4) is 5.75 Å². The first-order valence-corrected chi connectivity index (χ1v) is 9.12. The summed E-state index contributed by atoms with van der Waals surface area (Å²) in [6.45, 7) is 11.0. The number of benzene rings is 1. The van der Waals surface area contributed by atoms with Crippen LogP contribution in [0.1, 0.15) is 40.5 Å². The van der Waals surface area contributed by atoms with Crippen molar-refractivity contribution in [3.63, 3.8) is 0 Å². The van der Waals surface area contributed by atoms with Crippen molar-refractivity contribution in [1.29, 1.82) is 0 Å². The van der Waals surface area contributed by atoms with Crippen LogP contribution in [-0.2, 0) is 4.79 Å². The van der Waals surface area contributed by atoms with Crippen LogP contribution in [0.4, 0.5) is 0 Å². The molecule has 0 bridgehead atoms. The van der Waals surface area contributed by atoms with E-state index in [1.165, 1.54) is 0 Å². The highest BCUT2D eigenvalue weighted by atomic mass is 35.5. The molecular formula is C19H29ClN2O2. The summed E-state index contributed by atoms with van der Waals surface area (Å²) in [7, 11) is 0. The van der Waals surface area contributed by atoms with Crippen LogP contribution in [-0.4, -0.2) is 42.1 Å². The van der Waals surface area contributed by atoms with Crippen LogP contribution in [0.3, 0.4) is 0 Å². The summed E-state index contributed by atoms with van der Waals surface area (Å²) >= 11 is 5.87. The Morgan fingerprint density at radius 2 is 1.88 bits per heavy atom. The third-order valence-corrected chi connectivity index (χ3v) is 4.92. The lowest BCUT2D eigenvalue weighted by atomic mass is 9.95. The van der Waals surface area contributed by atoms with Gasteiger partial charge in [0.1, 0.15) is 5.75 Å². The molecule has 134 valence electrons. The Morgan fingerprint density at radius 1 is 1.29 bits per heavy atom. The van der Waals surface area contributed by atoms with E-state index in [1.807, 2.05) is 0 Å². The maximum Gasteiger partial charge on any atom is 0.263 e. The Kier molecular flexibility index (Phi) is 6.53. The van der Waals surface area contributed by atoms with Crippen LogP contribution in [0.2, 0.25) is 5.02 Å². The number of piperidine rings is 1. The van der Waals surface area contributed by atoms with E-state index < -0.39 is 5.60 Å². The van der Waals surface area contributed by atoms with Crippen LogP contribution in [0.15, 0.2) is 24.3 Å². The topological polar surface area (TPSA) is 41.6 Å². The quantitative estimate of drug-likeness (QED) is 0.848. The Balaban J connectivity index is 1.80. The summed E-state index contributed by atoms with van der Waals surface area (Å²) in [5.74, 6) is 1.11. The number of carbonyl (C=O) groups excluding carboxylic acids is 1. The minimum Gasteiger partial charge on any atom is -0.478 e. The second-order valence-electron chi connectivity index (χ2n) is 7.35. The maximum atomic E-state index is 12.5. The first-order valence-electron chi connectivity index (χ1n) is 8.75. The summed E-state index contributed by atoms with van der Waals surface area (Å²) in [6.07, 6.45) is 2.27. The molecule has 0 aromatic heterocycles. The molecule has 1 heterocycles. The molecule has 0 spiro atoms. The van der Waals surface area contributed by atoms with Gasteiger partial charge in [0, 0.05) is 17.6 Å². The average molecular weight is 353 g/mol. The standard InChI is InChI=1S/C19H29ClN2O2/c1-14(2)22-11-9-15(10-12-22)13-21-18(23)19(3,4)24-17-7-5-16(20)6-8-17/h5-8,14-15H,9-13H2,1-4H3,(H,21,23). The van der Waals surface area contributed by atoms with E-state index in [4.69, 9.17) is 16.3 Å². The van der Waals surface area contributed by atoms with Crippen molar-refractivity contribution in [1.82, 2.24) is 10.2 Å². The molecule has 1 saturated heterocycles. The minimum atomic E-state index is -0.910. The van der Waals surface area contributed by atoms with E-state index in [-0.39, 0.29) is 5.91 Å². The number of rotatable bonds is 6. The average Bonchev–Trinajstić information content (AvgIpc) is 2.55. The summed E-state index contributed by atoms with van der Waals surface area (Å²) in [6, 6.07) is 7.67. The number of ether oxygens (including phenoxy) is 1. The van der Waals surface area contributed by atoms with Crippen LogP contribution in [0.25, 0.3) is 0 Å². The van der Waals surface area contributed by atoms with Crippen LogP contribution < -0.4 is 10.1 Å². The van der Waals surface area contributed by atoms with Gasteiger partial charge in [-0.05, 0) is 83.8 Å². The normalized spacial score (nSPS) is 17.1. The van der Waals surface area contributed by atoms with Gasteiger partial charge in [0.2, 0.25) is 0 Å². The molecule has 1 amide bonds. The predicted octanol–water partition coefficient (Wildman–Crippen LogP) is 3.73. The molecule has 1 aromatic rings. The number of halogens is 1. The third-order valence-electron chi connectivity index (χ3n) is 4.66. The minimum absolute atomic E-state index is 0.0799. The van der Waals surface area contributed by atoms with Crippen LogP contribution in [0.5, 0.6) is 5.75 Å². The predicted molar refractivity (Wildman–Crippen MR) is 98.6 cm³/mol. The van der Waals surface area contributed by atoms with E-state index in [0.717, 1.165) is 32.5 Å². The van der Waals surface area contributed by atoms with Gasteiger partial charge in [-0.3, -0.25) is 4.79 Å². The zero-order valence-electron chi connectivity index (χ0n) is 15.1. The molecular weight excluding hydrogens is 324 g/mol. The second kappa shape index (κ2) is 8.21. The van der Waals surface area contributed by atoms with E-state index in [1.54, 1.807) is 38.1 Å². The molecule has 0 radical (unpaired) electrons. The molecule has 1 aliphatic heterocycles. The fraction of sp³-hybridized carbons (Fsp3) is 0.632. The van der Waals surface area contributed by atoms with Gasteiger partial charge >= 0.3 is 0 Å². The smallest absolute Gasteiger partial charge is 0.263 e. The lowest BCUT2D eigenvalue weighted by molar-refractivity contribution is -0.134. The van der Waals surface area contributed by atoms with E-state index in [0.29, 0.717) is 22.7 Å². The zero-order valence-corrected chi connectivity index (χ0v) is 15.9. The van der Waals surface area contributed by atoms with E-state index in [2.05, 4.69) is 24.1 Å². The molecule has 0 aliphatic carbocycles. The van der Waals surface area contributed by atoms with E-state index >= 15 is 0 Å². The largest absolute Gasteiger partial charge is 0.478 e. The van der Waals surface area contributed by atoms with Gasteiger partial charge in [-0.15, -0.1) is 0 Å². The number of nitrogens with zero attached hydrogens (tertiary/aromatic N) is 1. The van der Waals surface area contributed by atoms with E-state index in [9.17, 15) is 4.79 Å². The highest BCUT2D eigenvalue weighted by Crippen LogP contribution is 2.22. The molecule has 4 nitrogen and oxygen atoms in total. The molecule has 0 unspecified atom stereocenters. The SMILES string of the molecule is CC(C)N1CCC(CNC(=O)C(C)(C)Oc2ccc(Cl)cc2)CC1. The number of amides is 1. The summed E-state index contributed by atoms with van der Waals surface area (Å²) in [5.41, 5.74) is -0.910. The first-order chi connectivity index (χ1) is 11.3. The number of hydrogen-bond acceptors (Lipinski definition) is 3. The van der Waals surface area contributed by atoms with Gasteiger partial charge in [-0.25, -0.2) is 0 Å². The monoisotopic (exact) mass is 352 g/mol. The van der Waals surface area contributed by atoms with Crippen molar-refractivity contribution < 1.29 is 9.53 Å². The Hall–Kier alpha value is -1.26. The van der Waals surface area contributed by atoms with Gasteiger partial charge in [-0.2, -0.15) is 0 Å². The second-order valence-corrected chi connectivity index (χ2v) is 7.79. The lowest BCUT2D eigenvalue weighted by Crippen LogP contribution is -2.49. The Morgan fingerprint density at radius 3 is 2.42 bits per heavy atom. The molecule has 0 atom stereocenters. The van der Waals surface area contributed by atoms with Crippen molar-refractivity contribution in [2.45, 2.75) is 52.2 Å². The van der Waals surface area contributed by atoms with Crippen molar-refractivity contribution >= 4 is 17.5 Å². The fourth-order valence-electron chi connectivity index (χ4n) is 2.97. The summed E-state index contributed by atoms with van der Waals surface area (Å²) < 4.78 is 5.83. The molecule has 1 N–H and O–H groups in total. The number of hydrogen-bond donors (Lipinski definition) is 1. The Labute approximate surface area is 150 Å². The molecule has 2 rings (SSSR count). The highest BCUT2D eigenvalue weighted by Gasteiger charge is 2.31. The fourth-order valence-corrected chi connectivity index (χ4v) is 3.09. The Bertz CT molecular complexity index is 535. The summed E-state index contributed by atoms with van der Waals surface area (Å²) in [5, 5.41) is 3.71. The number of carbonyl (C=O) groups is 1. The number of nitrogens with one attached hydrogen (secondary N) is 1. The molecule has 1 aliphatic rings. The molecule has 0 saturated carbocycles. The van der Waals surface area contributed by atoms with Crippen molar-refractivity contribution in [2.24, 2.45) is 5.92 Å². The van der Waals surface area contributed by atoms with Gasteiger partial charge in [0.15, 0.2) is 5.60 Å². The van der Waals surface area contributed by atoms with Gasteiger partial charge in [0.25, 0.3) is 5.91 Å². The van der Waals surface area contributed by atoms with Gasteiger partial charge in [-0.1, -0.05) is 11.6 Å². The van der Waals surface area contributed by atoms with Crippen molar-refractivity contribution in [2.75, 3.05) is 19.6 Å². The van der Waals surface area contributed by atoms with Gasteiger partial charge < -0.3 is 15.0 Å². The van der Waals surface area contributed by atoms with Crippen molar-refractivity contribution in [3.05, 3.63) is 29.3 Å². The highest BCUT2D eigenvalue weighted by molar-refractivity contribution is 6.30. The maximum absolute atomic E-state index is 12.5. The van der Waals surface area contributed by atoms with Gasteiger partial charge in [0.05, 0.1) is 0 Å². The zero-order chi connectivity index (χ0) is 17.7. The first kappa shape index (κ1) is 19.1. The molecule has 5 heteroatoms. The lowest BCUT2D eigenvalue weighted by Gasteiger charge is -2.35. The third kappa shape index (κ3) is 5.38. The van der Waals surface area contributed by atoms with Crippen LogP contribution >= 0.6 is 11.6 Å². The molecule has 1 fully saturated rings. The van der Waals surface area contributed by atoms with Crippen LogP contribution in [0, 0.1) is 5.92 Å². The molecule has 1 aromatic carbocycles. The summed E-state index contributed by atoms with van der Waals surface area (Å²) in [4.78, 5) is 15.0.